The van der Waals surface area contributed by atoms with Crippen LogP contribution in [0.4, 0.5) is 22.7 Å². The van der Waals surface area contributed by atoms with Gasteiger partial charge >= 0.3 is 0 Å². The van der Waals surface area contributed by atoms with E-state index in [1.807, 2.05) is 175 Å². The maximum atomic E-state index is 13.6. The Morgan fingerprint density at radius 3 is 1.50 bits per heavy atom. The Bertz CT molecular complexity index is 2800. The van der Waals surface area contributed by atoms with Gasteiger partial charge in [0.1, 0.15) is 12.3 Å². The van der Waals surface area contributed by atoms with Gasteiger partial charge in [-0.1, -0.05) is 185 Å². The largest absolute Gasteiger partial charge is 0.360 e. The van der Waals surface area contributed by atoms with Gasteiger partial charge in [-0.2, -0.15) is 0 Å². The average molecular weight is 941 g/mol. The summed E-state index contributed by atoms with van der Waals surface area (Å²) in [6.07, 6.45) is -0.608. The predicted octanol–water partition coefficient (Wildman–Crippen LogP) is 14.8. The van der Waals surface area contributed by atoms with Crippen molar-refractivity contribution in [2.75, 3.05) is 20.4 Å². The first kappa shape index (κ1) is 42.0. The molecule has 0 aliphatic carbocycles. The van der Waals surface area contributed by atoms with Gasteiger partial charge in [0.25, 0.3) is 11.8 Å². The molecule has 2 atom stereocenters. The molecule has 8 aromatic rings. The molecule has 2 heterocycles. The number of halogens is 2. The standard InChI is InChI=1S/2C26H19BrN2O.C2H6/c27-21-14-15-24-23(17-21)26(30)29(22-12-5-2-6-13-22)25(28-24)20-11-7-10-19(16-20)18-8-3-1-4-9-18;27-21-14-15-23-24(17-21)28-25(19-10-5-2-6-11-19)29(26(23)30)22-13-7-12-20(16-22)18-8-3-1-4-9-18;1-2/h2*1-17,25,28H;1-2H3. The maximum Gasteiger partial charge on any atom is 0.262 e. The number of fused-ring (bicyclic) bond motifs is 2. The van der Waals surface area contributed by atoms with E-state index in [1.165, 1.54) is 0 Å². The number of carbonyl (C=O) groups excluding carboxylic acids is 2. The van der Waals surface area contributed by atoms with Gasteiger partial charge in [-0.15, -0.1) is 0 Å². The van der Waals surface area contributed by atoms with Gasteiger partial charge in [0.2, 0.25) is 0 Å². The van der Waals surface area contributed by atoms with Crippen LogP contribution < -0.4 is 20.4 Å². The molecule has 6 nitrogen and oxygen atoms in total. The van der Waals surface area contributed by atoms with Gasteiger partial charge in [-0.3, -0.25) is 19.4 Å². The summed E-state index contributed by atoms with van der Waals surface area (Å²) >= 11 is 7.01. The van der Waals surface area contributed by atoms with Crippen molar-refractivity contribution in [1.82, 2.24) is 0 Å². The molecule has 10 rings (SSSR count). The molecule has 8 aromatic carbocycles. The zero-order chi connectivity index (χ0) is 43.0. The lowest BCUT2D eigenvalue weighted by Crippen LogP contribution is -2.43. The highest BCUT2D eigenvalue weighted by atomic mass is 79.9. The van der Waals surface area contributed by atoms with Crippen molar-refractivity contribution in [1.29, 1.82) is 0 Å². The number of carbonyl (C=O) groups is 2. The summed E-state index contributed by atoms with van der Waals surface area (Å²) in [5.74, 6) is -0.0401. The van der Waals surface area contributed by atoms with Crippen LogP contribution in [0.5, 0.6) is 0 Å². The Kier molecular flexibility index (Phi) is 13.1. The summed E-state index contributed by atoms with van der Waals surface area (Å²) < 4.78 is 1.82. The third-order valence-corrected chi connectivity index (χ3v) is 11.6. The van der Waals surface area contributed by atoms with Crippen molar-refractivity contribution in [3.63, 3.8) is 0 Å². The Labute approximate surface area is 380 Å². The van der Waals surface area contributed by atoms with Crippen LogP contribution in [0.1, 0.15) is 58.0 Å². The predicted molar refractivity (Wildman–Crippen MR) is 263 cm³/mol. The molecule has 0 radical (unpaired) electrons. The van der Waals surface area contributed by atoms with Crippen LogP contribution >= 0.6 is 31.9 Å². The minimum Gasteiger partial charge on any atom is -0.360 e. The van der Waals surface area contributed by atoms with E-state index in [0.29, 0.717) is 11.1 Å². The lowest BCUT2D eigenvalue weighted by molar-refractivity contribution is 0.0967. The van der Waals surface area contributed by atoms with Crippen LogP contribution in [0.2, 0.25) is 0 Å². The normalized spacial score (nSPS) is 15.0. The minimum atomic E-state index is -0.308. The number of rotatable bonds is 6. The molecule has 8 heteroatoms. The van der Waals surface area contributed by atoms with Crippen molar-refractivity contribution < 1.29 is 9.59 Å². The molecule has 0 saturated carbocycles. The average Bonchev–Trinajstić information content (AvgIpc) is 3.33. The molecule has 0 spiro atoms. The van der Waals surface area contributed by atoms with Gasteiger partial charge in [0, 0.05) is 31.7 Å². The number of amides is 2. The van der Waals surface area contributed by atoms with Gasteiger partial charge in [0.05, 0.1) is 11.1 Å². The third-order valence-electron chi connectivity index (χ3n) is 10.7. The van der Waals surface area contributed by atoms with Crippen LogP contribution in [0.25, 0.3) is 22.3 Å². The number of anilines is 4. The van der Waals surface area contributed by atoms with Crippen molar-refractivity contribution >= 4 is 66.4 Å². The summed E-state index contributed by atoms with van der Waals surface area (Å²) in [4.78, 5) is 30.9. The molecule has 306 valence electrons. The second-order valence-corrected chi connectivity index (χ2v) is 16.3. The van der Waals surface area contributed by atoms with Crippen LogP contribution in [-0.2, 0) is 0 Å². The zero-order valence-corrected chi connectivity index (χ0v) is 37.4. The molecule has 0 aromatic heterocycles. The van der Waals surface area contributed by atoms with E-state index in [0.717, 1.165) is 65.1 Å². The summed E-state index contributed by atoms with van der Waals surface area (Å²) in [5.41, 5.74) is 11.2. The van der Waals surface area contributed by atoms with E-state index in [1.54, 1.807) is 0 Å². The molecule has 2 N–H and O–H groups in total. The number of benzene rings is 8. The first-order chi connectivity index (χ1) is 30.4. The molecule has 2 amide bonds. The number of para-hydroxylation sites is 1. The van der Waals surface area contributed by atoms with Crippen LogP contribution in [0, 0.1) is 0 Å². The van der Waals surface area contributed by atoms with Crippen molar-refractivity contribution in [2.45, 2.75) is 26.2 Å². The van der Waals surface area contributed by atoms with E-state index in [2.05, 4.69) is 97.1 Å². The first-order valence-corrected chi connectivity index (χ1v) is 22.2. The number of nitrogens with zero attached hydrogens (tertiary/aromatic N) is 2. The highest BCUT2D eigenvalue weighted by Crippen LogP contribution is 2.40. The van der Waals surface area contributed by atoms with Gasteiger partial charge < -0.3 is 10.6 Å². The van der Waals surface area contributed by atoms with Crippen LogP contribution in [-0.4, -0.2) is 11.8 Å². The highest BCUT2D eigenvalue weighted by Gasteiger charge is 2.36. The van der Waals surface area contributed by atoms with Crippen molar-refractivity contribution in [3.05, 3.63) is 237 Å². The quantitative estimate of drug-likeness (QED) is 0.174. The number of hydrogen-bond acceptors (Lipinski definition) is 4. The van der Waals surface area contributed by atoms with Crippen molar-refractivity contribution in [3.8, 4) is 22.3 Å². The lowest BCUT2D eigenvalue weighted by Gasteiger charge is -2.38. The summed E-state index contributed by atoms with van der Waals surface area (Å²) in [6, 6.07) is 68.4. The highest BCUT2D eigenvalue weighted by molar-refractivity contribution is 9.10. The van der Waals surface area contributed by atoms with E-state index in [4.69, 9.17) is 0 Å². The molecular formula is C54H44Br2N4O2. The minimum absolute atomic E-state index is 0.0182. The molecule has 2 unspecified atom stereocenters. The molecular weight excluding hydrogens is 896 g/mol. The molecule has 2 aliphatic rings. The van der Waals surface area contributed by atoms with Gasteiger partial charge in [-0.25, -0.2) is 0 Å². The van der Waals surface area contributed by atoms with Crippen LogP contribution in [0.15, 0.2) is 215 Å². The second-order valence-electron chi connectivity index (χ2n) is 14.5. The topological polar surface area (TPSA) is 64.7 Å². The van der Waals surface area contributed by atoms with E-state index >= 15 is 0 Å². The first-order valence-electron chi connectivity index (χ1n) is 20.6. The molecule has 2 aliphatic heterocycles. The monoisotopic (exact) mass is 938 g/mol. The van der Waals surface area contributed by atoms with E-state index < -0.39 is 0 Å². The van der Waals surface area contributed by atoms with E-state index in [-0.39, 0.29) is 24.1 Å². The summed E-state index contributed by atoms with van der Waals surface area (Å²) in [7, 11) is 0. The van der Waals surface area contributed by atoms with E-state index in [9.17, 15) is 9.59 Å². The lowest BCUT2D eigenvalue weighted by atomic mass is 9.98. The molecule has 62 heavy (non-hydrogen) atoms. The summed E-state index contributed by atoms with van der Waals surface area (Å²) in [6.45, 7) is 4.00. The summed E-state index contributed by atoms with van der Waals surface area (Å²) in [5, 5.41) is 7.15. The molecule has 0 fully saturated rings. The second kappa shape index (κ2) is 19.3. The Hall–Kier alpha value is -6.74. The maximum absolute atomic E-state index is 13.6. The van der Waals surface area contributed by atoms with Crippen LogP contribution in [0.3, 0.4) is 0 Å². The fraction of sp³-hybridized carbons (Fsp3) is 0.0741. The number of hydrogen-bond donors (Lipinski definition) is 2. The fourth-order valence-electron chi connectivity index (χ4n) is 7.77. The number of nitrogens with one attached hydrogen (secondary N) is 2. The fourth-order valence-corrected chi connectivity index (χ4v) is 8.49. The van der Waals surface area contributed by atoms with Gasteiger partial charge in [0.15, 0.2) is 0 Å². The molecule has 0 saturated heterocycles. The smallest absolute Gasteiger partial charge is 0.262 e. The molecule has 0 bridgehead atoms. The Morgan fingerprint density at radius 1 is 0.387 bits per heavy atom. The third kappa shape index (κ3) is 8.98. The zero-order valence-electron chi connectivity index (χ0n) is 34.3. The van der Waals surface area contributed by atoms with Gasteiger partial charge in [-0.05, 0) is 100 Å². The SMILES string of the molecule is CC.O=C1c2cc(Br)ccc2NC(c2cccc(-c3ccccc3)c2)N1c1ccccc1.O=C1c2ccc(Br)cc2NC(c2ccccc2)N1c1cccc(-c2ccccc2)c1. The Balaban J connectivity index is 0.000000164. The van der Waals surface area contributed by atoms with Crippen molar-refractivity contribution in [2.24, 2.45) is 0 Å². The Morgan fingerprint density at radius 2 is 0.839 bits per heavy atom.